The topological polar surface area (TPSA) is 35.2 Å². The second kappa shape index (κ2) is 5.37. The van der Waals surface area contributed by atoms with E-state index in [9.17, 15) is 0 Å². The van der Waals surface area contributed by atoms with Crippen molar-refractivity contribution >= 4 is 23.2 Å². The zero-order chi connectivity index (χ0) is 11.5. The smallest absolute Gasteiger partial charge is 0.0512 e. The number of ether oxygens (including phenoxy) is 1. The molecule has 1 aromatic rings. The molecule has 1 fully saturated rings. The molecule has 0 spiro atoms. The Bertz CT molecular complexity index is 364. The van der Waals surface area contributed by atoms with Gasteiger partial charge in [-0.2, -0.15) is 0 Å². The quantitative estimate of drug-likeness (QED) is 0.884. The number of halogens is 2. The lowest BCUT2D eigenvalue weighted by Crippen LogP contribution is -2.29. The molecular formula is C12H15Cl2NO. The van der Waals surface area contributed by atoms with Gasteiger partial charge in [-0.05, 0) is 36.6 Å². The van der Waals surface area contributed by atoms with Crippen molar-refractivity contribution in [3.05, 3.63) is 33.8 Å². The van der Waals surface area contributed by atoms with Crippen LogP contribution >= 0.6 is 23.2 Å². The number of hydrogen-bond acceptors (Lipinski definition) is 2. The lowest BCUT2D eigenvalue weighted by Gasteiger charge is -2.28. The fourth-order valence-electron chi connectivity index (χ4n) is 2.07. The molecule has 1 aliphatic rings. The zero-order valence-electron chi connectivity index (χ0n) is 8.96. The molecule has 4 heteroatoms. The molecule has 0 aliphatic carbocycles. The van der Waals surface area contributed by atoms with Crippen molar-refractivity contribution < 1.29 is 4.74 Å². The summed E-state index contributed by atoms with van der Waals surface area (Å²) in [6.45, 7) is 1.55. The van der Waals surface area contributed by atoms with Gasteiger partial charge in [0.15, 0.2) is 0 Å². The Labute approximate surface area is 106 Å². The summed E-state index contributed by atoms with van der Waals surface area (Å²) in [5.41, 5.74) is 7.14. The van der Waals surface area contributed by atoms with Gasteiger partial charge in [-0.1, -0.05) is 23.2 Å². The van der Waals surface area contributed by atoms with Gasteiger partial charge in [0.25, 0.3) is 0 Å². The molecule has 0 saturated carbocycles. The molecule has 0 amide bonds. The van der Waals surface area contributed by atoms with Crippen molar-refractivity contribution in [3.8, 4) is 0 Å². The van der Waals surface area contributed by atoms with E-state index in [0.717, 1.165) is 25.0 Å². The minimum Gasteiger partial charge on any atom is -0.381 e. The van der Waals surface area contributed by atoms with Crippen LogP contribution < -0.4 is 5.73 Å². The van der Waals surface area contributed by atoms with E-state index < -0.39 is 0 Å². The average Bonchev–Trinajstić information content (AvgIpc) is 2.32. The Hall–Kier alpha value is -0.280. The van der Waals surface area contributed by atoms with Gasteiger partial charge in [-0.25, -0.2) is 0 Å². The molecule has 0 bridgehead atoms. The molecule has 1 aliphatic heterocycles. The Morgan fingerprint density at radius 2 is 2.19 bits per heavy atom. The SMILES string of the molecule is NC(c1cc(Cl)ccc1Cl)C1CCCOC1. The van der Waals surface area contributed by atoms with Crippen molar-refractivity contribution in [1.29, 1.82) is 0 Å². The van der Waals surface area contributed by atoms with E-state index in [4.69, 9.17) is 33.7 Å². The van der Waals surface area contributed by atoms with Gasteiger partial charge in [0.1, 0.15) is 0 Å². The van der Waals surface area contributed by atoms with Crippen LogP contribution in [-0.4, -0.2) is 13.2 Å². The Morgan fingerprint density at radius 3 is 2.88 bits per heavy atom. The van der Waals surface area contributed by atoms with Crippen LogP contribution in [0.4, 0.5) is 0 Å². The van der Waals surface area contributed by atoms with Crippen LogP contribution in [-0.2, 0) is 4.74 Å². The zero-order valence-corrected chi connectivity index (χ0v) is 10.5. The van der Waals surface area contributed by atoms with E-state index in [-0.39, 0.29) is 6.04 Å². The Balaban J connectivity index is 2.18. The molecule has 2 unspecified atom stereocenters. The normalized spacial score (nSPS) is 23.1. The highest BCUT2D eigenvalue weighted by Gasteiger charge is 2.24. The maximum atomic E-state index is 6.22. The summed E-state index contributed by atoms with van der Waals surface area (Å²) in [6.07, 6.45) is 2.15. The number of nitrogens with two attached hydrogens (primary N) is 1. The van der Waals surface area contributed by atoms with Crippen LogP contribution in [0, 0.1) is 5.92 Å². The fourth-order valence-corrected chi connectivity index (χ4v) is 2.50. The minimum absolute atomic E-state index is 0.0912. The lowest BCUT2D eigenvalue weighted by molar-refractivity contribution is 0.0448. The molecule has 2 N–H and O–H groups in total. The number of hydrogen-bond donors (Lipinski definition) is 1. The van der Waals surface area contributed by atoms with Gasteiger partial charge >= 0.3 is 0 Å². The van der Waals surface area contributed by atoms with Crippen LogP contribution in [0.25, 0.3) is 0 Å². The predicted molar refractivity (Wildman–Crippen MR) is 66.9 cm³/mol. The molecule has 2 rings (SSSR count). The van der Waals surface area contributed by atoms with Gasteiger partial charge in [0, 0.05) is 28.6 Å². The molecule has 16 heavy (non-hydrogen) atoms. The predicted octanol–water partition coefficient (Wildman–Crippen LogP) is 3.42. The first-order valence-corrected chi connectivity index (χ1v) is 6.22. The molecule has 2 atom stereocenters. The van der Waals surface area contributed by atoms with Crippen molar-refractivity contribution in [2.75, 3.05) is 13.2 Å². The van der Waals surface area contributed by atoms with E-state index in [1.165, 1.54) is 0 Å². The van der Waals surface area contributed by atoms with Crippen molar-refractivity contribution in [3.63, 3.8) is 0 Å². The number of rotatable bonds is 2. The molecule has 1 saturated heterocycles. The van der Waals surface area contributed by atoms with E-state index in [2.05, 4.69) is 0 Å². The molecule has 0 aromatic heterocycles. The lowest BCUT2D eigenvalue weighted by atomic mass is 9.89. The Morgan fingerprint density at radius 1 is 1.38 bits per heavy atom. The summed E-state index contributed by atoms with van der Waals surface area (Å²) < 4.78 is 5.44. The second-order valence-electron chi connectivity index (χ2n) is 4.17. The largest absolute Gasteiger partial charge is 0.381 e. The van der Waals surface area contributed by atoms with E-state index >= 15 is 0 Å². The van der Waals surface area contributed by atoms with Crippen LogP contribution in [0.3, 0.4) is 0 Å². The summed E-state index contributed by atoms with van der Waals surface area (Å²) in [5, 5.41) is 1.36. The first-order chi connectivity index (χ1) is 7.68. The van der Waals surface area contributed by atoms with Crippen molar-refractivity contribution in [1.82, 2.24) is 0 Å². The first-order valence-electron chi connectivity index (χ1n) is 5.47. The van der Waals surface area contributed by atoms with Crippen LogP contribution in [0.15, 0.2) is 18.2 Å². The van der Waals surface area contributed by atoms with Gasteiger partial charge < -0.3 is 10.5 Å². The van der Waals surface area contributed by atoms with Crippen molar-refractivity contribution in [2.45, 2.75) is 18.9 Å². The summed E-state index contributed by atoms with van der Waals surface area (Å²) in [5.74, 6) is 0.338. The third-order valence-electron chi connectivity index (χ3n) is 3.02. The van der Waals surface area contributed by atoms with Crippen LogP contribution in [0.5, 0.6) is 0 Å². The first kappa shape index (κ1) is 12.2. The third-order valence-corrected chi connectivity index (χ3v) is 3.60. The molecule has 1 heterocycles. The van der Waals surface area contributed by atoms with Gasteiger partial charge in [-0.15, -0.1) is 0 Å². The fraction of sp³-hybridized carbons (Fsp3) is 0.500. The molecule has 1 aromatic carbocycles. The summed E-state index contributed by atoms with van der Waals surface area (Å²) in [4.78, 5) is 0. The minimum atomic E-state index is -0.0912. The monoisotopic (exact) mass is 259 g/mol. The van der Waals surface area contributed by atoms with E-state index in [0.29, 0.717) is 22.6 Å². The van der Waals surface area contributed by atoms with Gasteiger partial charge in [-0.3, -0.25) is 0 Å². The highest BCUT2D eigenvalue weighted by Crippen LogP contribution is 2.32. The average molecular weight is 260 g/mol. The summed E-state index contributed by atoms with van der Waals surface area (Å²) in [6, 6.07) is 5.33. The Kier molecular flexibility index (Phi) is 4.09. The summed E-state index contributed by atoms with van der Waals surface area (Å²) in [7, 11) is 0. The second-order valence-corrected chi connectivity index (χ2v) is 5.01. The van der Waals surface area contributed by atoms with E-state index in [1.807, 2.05) is 6.07 Å². The van der Waals surface area contributed by atoms with Crippen LogP contribution in [0.1, 0.15) is 24.4 Å². The molecule has 88 valence electrons. The van der Waals surface area contributed by atoms with Gasteiger partial charge in [0.05, 0.1) is 6.61 Å². The highest BCUT2D eigenvalue weighted by atomic mass is 35.5. The highest BCUT2D eigenvalue weighted by molar-refractivity contribution is 6.33. The van der Waals surface area contributed by atoms with Crippen LogP contribution in [0.2, 0.25) is 10.0 Å². The third kappa shape index (κ3) is 2.69. The molecule has 2 nitrogen and oxygen atoms in total. The molecule has 0 radical (unpaired) electrons. The standard InChI is InChI=1S/C12H15Cl2NO/c13-9-3-4-11(14)10(6-9)12(15)8-2-1-5-16-7-8/h3-4,6,8,12H,1-2,5,7,15H2. The van der Waals surface area contributed by atoms with E-state index in [1.54, 1.807) is 12.1 Å². The maximum absolute atomic E-state index is 6.22. The summed E-state index contributed by atoms with van der Waals surface area (Å²) >= 11 is 12.1. The maximum Gasteiger partial charge on any atom is 0.0512 e. The van der Waals surface area contributed by atoms with Gasteiger partial charge in [0.2, 0.25) is 0 Å². The van der Waals surface area contributed by atoms with Crippen molar-refractivity contribution in [2.24, 2.45) is 11.7 Å². The number of benzene rings is 1. The molecular weight excluding hydrogens is 245 g/mol.